The van der Waals surface area contributed by atoms with E-state index in [1.165, 1.54) is 24.2 Å². The van der Waals surface area contributed by atoms with Gasteiger partial charge >= 0.3 is 0 Å². The van der Waals surface area contributed by atoms with Crippen LogP contribution in [0.2, 0.25) is 0 Å². The van der Waals surface area contributed by atoms with Crippen LogP contribution in [0.25, 0.3) is 0 Å². The van der Waals surface area contributed by atoms with Gasteiger partial charge in [0.1, 0.15) is 0 Å². The average Bonchev–Trinajstić information content (AvgIpc) is 2.68. The van der Waals surface area contributed by atoms with Crippen LogP contribution in [-0.2, 0) is 6.42 Å². The summed E-state index contributed by atoms with van der Waals surface area (Å²) in [6, 6.07) is 3.31. The van der Waals surface area contributed by atoms with Crippen molar-refractivity contribution in [3.05, 3.63) is 23.0 Å². The normalized spacial score (nSPS) is 29.5. The van der Waals surface area contributed by atoms with Gasteiger partial charge in [0.25, 0.3) is 0 Å². The predicted octanol–water partition coefficient (Wildman–Crippen LogP) is 3.61. The standard InChI is InChI=1S/C18H28N2O/c1-12-8-14(6-7-19(12)5)20-13(2)9-15-16(20)10-18(3,4)11-17(15)21/h9,12,14H,6-8,10-11H2,1-5H3. The molecule has 1 aliphatic carbocycles. The van der Waals surface area contributed by atoms with Gasteiger partial charge in [-0.2, -0.15) is 0 Å². The number of aryl methyl sites for hydroxylation is 1. The van der Waals surface area contributed by atoms with E-state index in [0.29, 0.717) is 24.3 Å². The molecule has 1 aromatic heterocycles. The maximum atomic E-state index is 12.4. The molecule has 0 amide bonds. The number of hydrogen-bond acceptors (Lipinski definition) is 2. The molecule has 3 heteroatoms. The Labute approximate surface area is 128 Å². The highest BCUT2D eigenvalue weighted by atomic mass is 16.1. The van der Waals surface area contributed by atoms with E-state index in [9.17, 15) is 4.79 Å². The van der Waals surface area contributed by atoms with Gasteiger partial charge in [-0.1, -0.05) is 13.8 Å². The summed E-state index contributed by atoms with van der Waals surface area (Å²) in [5, 5.41) is 0. The van der Waals surface area contributed by atoms with Crippen LogP contribution in [0.1, 0.15) is 67.8 Å². The van der Waals surface area contributed by atoms with Crippen molar-refractivity contribution in [1.82, 2.24) is 9.47 Å². The maximum absolute atomic E-state index is 12.4. The van der Waals surface area contributed by atoms with E-state index in [1.54, 1.807) is 0 Å². The lowest BCUT2D eigenvalue weighted by atomic mass is 9.76. The monoisotopic (exact) mass is 288 g/mol. The molecule has 0 N–H and O–H groups in total. The van der Waals surface area contributed by atoms with Crippen LogP contribution in [0.3, 0.4) is 0 Å². The summed E-state index contributed by atoms with van der Waals surface area (Å²) in [5.41, 5.74) is 3.67. The van der Waals surface area contributed by atoms with Crippen molar-refractivity contribution in [3.8, 4) is 0 Å². The first-order valence-electron chi connectivity index (χ1n) is 8.22. The Kier molecular flexibility index (Phi) is 3.52. The second-order valence-corrected chi connectivity index (χ2v) is 7.96. The van der Waals surface area contributed by atoms with Crippen molar-refractivity contribution in [2.75, 3.05) is 13.6 Å². The molecule has 0 saturated carbocycles. The minimum Gasteiger partial charge on any atom is -0.345 e. The lowest BCUT2D eigenvalue weighted by Crippen LogP contribution is -2.39. The number of carbonyl (C=O) groups excluding carboxylic acids is 1. The summed E-state index contributed by atoms with van der Waals surface area (Å²) < 4.78 is 2.50. The molecule has 2 unspecified atom stereocenters. The Bertz CT molecular complexity index is 570. The van der Waals surface area contributed by atoms with E-state index in [-0.39, 0.29) is 5.41 Å². The second kappa shape index (κ2) is 4.98. The van der Waals surface area contributed by atoms with Crippen LogP contribution in [0.15, 0.2) is 6.07 Å². The fraction of sp³-hybridized carbons (Fsp3) is 0.722. The van der Waals surface area contributed by atoms with Crippen molar-refractivity contribution in [2.45, 2.75) is 65.5 Å². The number of fused-ring (bicyclic) bond motifs is 1. The Morgan fingerprint density at radius 1 is 1.29 bits per heavy atom. The second-order valence-electron chi connectivity index (χ2n) is 7.96. The molecule has 3 rings (SSSR count). The quantitative estimate of drug-likeness (QED) is 0.789. The average molecular weight is 288 g/mol. The van der Waals surface area contributed by atoms with Gasteiger partial charge in [-0.3, -0.25) is 4.79 Å². The molecule has 2 aliphatic rings. The van der Waals surface area contributed by atoms with Gasteiger partial charge in [0.2, 0.25) is 0 Å². The van der Waals surface area contributed by atoms with E-state index in [0.717, 1.165) is 18.5 Å². The molecule has 21 heavy (non-hydrogen) atoms. The highest BCUT2D eigenvalue weighted by Gasteiger charge is 2.36. The summed E-state index contributed by atoms with van der Waals surface area (Å²) in [6.07, 6.45) is 4.10. The topological polar surface area (TPSA) is 25.2 Å². The third kappa shape index (κ3) is 2.57. The van der Waals surface area contributed by atoms with Crippen molar-refractivity contribution in [2.24, 2.45) is 5.41 Å². The Morgan fingerprint density at radius 3 is 2.67 bits per heavy atom. The summed E-state index contributed by atoms with van der Waals surface area (Å²) >= 11 is 0. The SMILES string of the molecule is Cc1cc2c(n1C1CCN(C)C(C)C1)CC(C)(C)CC2=O. The Balaban J connectivity index is 1.99. The molecule has 2 atom stereocenters. The highest BCUT2D eigenvalue weighted by Crippen LogP contribution is 2.39. The number of likely N-dealkylation sites (tertiary alicyclic amines) is 1. The molecule has 3 nitrogen and oxygen atoms in total. The van der Waals surface area contributed by atoms with Crippen LogP contribution < -0.4 is 0 Å². The molecule has 0 radical (unpaired) electrons. The number of hydrogen-bond donors (Lipinski definition) is 0. The van der Waals surface area contributed by atoms with Crippen molar-refractivity contribution >= 4 is 5.78 Å². The molecule has 1 aromatic rings. The molecular formula is C18H28N2O. The van der Waals surface area contributed by atoms with Crippen molar-refractivity contribution < 1.29 is 4.79 Å². The number of nitrogens with zero attached hydrogens (tertiary/aromatic N) is 2. The van der Waals surface area contributed by atoms with E-state index < -0.39 is 0 Å². The first-order chi connectivity index (χ1) is 9.78. The predicted molar refractivity (Wildman–Crippen MR) is 86.0 cm³/mol. The number of Topliss-reactive ketones (excluding diaryl/α,β-unsaturated/α-hetero) is 1. The zero-order valence-corrected chi connectivity index (χ0v) is 14.1. The largest absolute Gasteiger partial charge is 0.345 e. The first-order valence-corrected chi connectivity index (χ1v) is 8.22. The van der Waals surface area contributed by atoms with E-state index in [2.05, 4.69) is 50.3 Å². The fourth-order valence-corrected chi connectivity index (χ4v) is 4.18. The van der Waals surface area contributed by atoms with Crippen LogP contribution in [0, 0.1) is 12.3 Å². The van der Waals surface area contributed by atoms with Crippen LogP contribution >= 0.6 is 0 Å². The van der Waals surface area contributed by atoms with Crippen molar-refractivity contribution in [3.63, 3.8) is 0 Å². The van der Waals surface area contributed by atoms with Crippen LogP contribution in [-0.4, -0.2) is 34.9 Å². The minimum atomic E-state index is 0.101. The Morgan fingerprint density at radius 2 is 2.00 bits per heavy atom. The molecule has 1 fully saturated rings. The van der Waals surface area contributed by atoms with Gasteiger partial charge in [0, 0.05) is 42.0 Å². The first kappa shape index (κ1) is 14.8. The van der Waals surface area contributed by atoms with Crippen molar-refractivity contribution in [1.29, 1.82) is 0 Å². The van der Waals surface area contributed by atoms with Gasteiger partial charge in [-0.15, -0.1) is 0 Å². The molecule has 116 valence electrons. The molecule has 0 bridgehead atoms. The fourth-order valence-electron chi connectivity index (χ4n) is 4.18. The van der Waals surface area contributed by atoms with E-state index in [4.69, 9.17) is 0 Å². The lowest BCUT2D eigenvalue weighted by Gasteiger charge is -2.38. The maximum Gasteiger partial charge on any atom is 0.165 e. The molecule has 1 saturated heterocycles. The number of ketones is 1. The van der Waals surface area contributed by atoms with E-state index >= 15 is 0 Å². The highest BCUT2D eigenvalue weighted by molar-refractivity contribution is 5.99. The Hall–Kier alpha value is -1.09. The van der Waals surface area contributed by atoms with Gasteiger partial charge in [-0.05, 0) is 51.6 Å². The number of piperidine rings is 1. The van der Waals surface area contributed by atoms with Gasteiger partial charge in [0.05, 0.1) is 0 Å². The number of aromatic nitrogens is 1. The molecule has 0 aromatic carbocycles. The van der Waals surface area contributed by atoms with Crippen LogP contribution in [0.4, 0.5) is 0 Å². The van der Waals surface area contributed by atoms with Gasteiger partial charge in [0.15, 0.2) is 5.78 Å². The van der Waals surface area contributed by atoms with Gasteiger partial charge in [-0.25, -0.2) is 0 Å². The summed E-state index contributed by atoms with van der Waals surface area (Å²) in [6.45, 7) is 10.1. The number of rotatable bonds is 1. The third-order valence-electron chi connectivity index (χ3n) is 5.47. The zero-order valence-electron chi connectivity index (χ0n) is 14.1. The van der Waals surface area contributed by atoms with E-state index in [1.807, 2.05) is 0 Å². The molecule has 0 spiro atoms. The smallest absolute Gasteiger partial charge is 0.165 e. The molecular weight excluding hydrogens is 260 g/mol. The summed E-state index contributed by atoms with van der Waals surface area (Å²) in [7, 11) is 2.21. The zero-order chi connectivity index (χ0) is 15.4. The lowest BCUT2D eigenvalue weighted by molar-refractivity contribution is 0.0906. The molecule has 2 heterocycles. The number of carbonyl (C=O) groups is 1. The minimum absolute atomic E-state index is 0.101. The van der Waals surface area contributed by atoms with Gasteiger partial charge < -0.3 is 9.47 Å². The van der Waals surface area contributed by atoms with Crippen LogP contribution in [0.5, 0.6) is 0 Å². The summed E-state index contributed by atoms with van der Waals surface area (Å²) in [4.78, 5) is 14.9. The summed E-state index contributed by atoms with van der Waals surface area (Å²) in [5.74, 6) is 0.337. The molecule has 1 aliphatic heterocycles. The third-order valence-corrected chi connectivity index (χ3v) is 5.47.